The van der Waals surface area contributed by atoms with Gasteiger partial charge in [-0.2, -0.15) is 4.31 Å². The molecule has 1 saturated heterocycles. The van der Waals surface area contributed by atoms with Crippen molar-refractivity contribution in [1.29, 1.82) is 0 Å². The largest absolute Gasteiger partial charge is 0.324 e. The summed E-state index contributed by atoms with van der Waals surface area (Å²) < 4.78 is 28.9. The monoisotopic (exact) mass is 317 g/mol. The van der Waals surface area contributed by atoms with E-state index in [1.807, 2.05) is 0 Å². The molecular weight excluding hydrogens is 298 g/mol. The number of hydrogen-bond acceptors (Lipinski definition) is 3. The number of aromatic nitrogens is 2. The van der Waals surface area contributed by atoms with Crippen molar-refractivity contribution in [2.75, 3.05) is 6.54 Å². The number of rotatable bonds is 2. The van der Waals surface area contributed by atoms with Crippen LogP contribution in [0.2, 0.25) is 5.15 Å². The highest BCUT2D eigenvalue weighted by Crippen LogP contribution is 2.38. The maximum atomic E-state index is 12.8. The SMILES string of the molecule is Cn1cnc(S(=O)(=O)N2CCC[C@H]3CCCC[C@@H]32)c1Cl. The van der Waals surface area contributed by atoms with Crippen LogP contribution in [-0.2, 0) is 17.1 Å². The Kier molecular flexibility index (Phi) is 3.81. The highest BCUT2D eigenvalue weighted by atomic mass is 35.5. The third-order valence-corrected chi connectivity index (χ3v) is 7.00. The minimum absolute atomic E-state index is 0.00731. The zero-order valence-corrected chi connectivity index (χ0v) is 13.2. The van der Waals surface area contributed by atoms with Gasteiger partial charge in [0.25, 0.3) is 10.0 Å². The summed E-state index contributed by atoms with van der Waals surface area (Å²) in [7, 11) is -1.87. The lowest BCUT2D eigenvalue weighted by atomic mass is 9.79. The smallest absolute Gasteiger partial charge is 0.263 e. The van der Waals surface area contributed by atoms with Gasteiger partial charge < -0.3 is 4.57 Å². The predicted octanol–water partition coefficient (Wildman–Crippen LogP) is 2.42. The van der Waals surface area contributed by atoms with Crippen LogP contribution in [0.4, 0.5) is 0 Å². The normalized spacial score (nSPS) is 28.3. The van der Waals surface area contributed by atoms with Crippen LogP contribution in [-0.4, -0.2) is 34.9 Å². The zero-order chi connectivity index (χ0) is 14.3. The first-order valence-corrected chi connectivity index (χ1v) is 9.02. The van der Waals surface area contributed by atoms with Gasteiger partial charge in [-0.25, -0.2) is 13.4 Å². The molecular formula is C13H20ClN3O2S. The summed E-state index contributed by atoms with van der Waals surface area (Å²) in [6.07, 6.45) is 7.98. The van der Waals surface area contributed by atoms with Crippen molar-refractivity contribution in [3.63, 3.8) is 0 Å². The lowest BCUT2D eigenvalue weighted by Crippen LogP contribution is -2.49. The Hall–Kier alpha value is -0.590. The van der Waals surface area contributed by atoms with Crippen molar-refractivity contribution in [2.45, 2.75) is 49.6 Å². The van der Waals surface area contributed by atoms with Crippen LogP contribution in [0.25, 0.3) is 0 Å². The summed E-state index contributed by atoms with van der Waals surface area (Å²) in [5, 5.41) is 0.204. The molecule has 20 heavy (non-hydrogen) atoms. The summed E-state index contributed by atoms with van der Waals surface area (Å²) in [5.41, 5.74) is 0. The van der Waals surface area contributed by atoms with Crippen molar-refractivity contribution in [2.24, 2.45) is 13.0 Å². The molecule has 0 unspecified atom stereocenters. The van der Waals surface area contributed by atoms with E-state index in [1.165, 1.54) is 17.3 Å². The quantitative estimate of drug-likeness (QED) is 0.841. The maximum Gasteiger partial charge on any atom is 0.263 e. The van der Waals surface area contributed by atoms with E-state index in [0.717, 1.165) is 32.1 Å². The van der Waals surface area contributed by atoms with Gasteiger partial charge in [0, 0.05) is 19.6 Å². The van der Waals surface area contributed by atoms with E-state index in [4.69, 9.17) is 11.6 Å². The molecule has 1 aromatic rings. The molecule has 2 atom stereocenters. The molecule has 0 bridgehead atoms. The molecule has 2 aliphatic rings. The number of halogens is 1. The Morgan fingerprint density at radius 3 is 2.65 bits per heavy atom. The molecule has 0 spiro atoms. The molecule has 1 aromatic heterocycles. The van der Waals surface area contributed by atoms with Crippen molar-refractivity contribution < 1.29 is 8.42 Å². The van der Waals surface area contributed by atoms with E-state index in [9.17, 15) is 8.42 Å². The van der Waals surface area contributed by atoms with E-state index >= 15 is 0 Å². The van der Waals surface area contributed by atoms with Crippen LogP contribution >= 0.6 is 11.6 Å². The van der Waals surface area contributed by atoms with Crippen LogP contribution in [0.15, 0.2) is 11.4 Å². The van der Waals surface area contributed by atoms with E-state index < -0.39 is 10.0 Å². The topological polar surface area (TPSA) is 55.2 Å². The molecule has 112 valence electrons. The highest BCUT2D eigenvalue weighted by molar-refractivity contribution is 7.89. The predicted molar refractivity (Wildman–Crippen MR) is 77.1 cm³/mol. The summed E-state index contributed by atoms with van der Waals surface area (Å²) >= 11 is 6.08. The van der Waals surface area contributed by atoms with E-state index in [-0.39, 0.29) is 16.2 Å². The molecule has 2 fully saturated rings. The Balaban J connectivity index is 1.95. The van der Waals surface area contributed by atoms with Crippen LogP contribution < -0.4 is 0 Å². The standard InChI is InChI=1S/C13H20ClN3O2S/c1-16-9-15-13(12(16)14)20(18,19)17-8-4-6-10-5-2-3-7-11(10)17/h9-11H,2-8H2,1H3/t10-,11+/m1/s1. The van der Waals surface area contributed by atoms with Crippen LogP contribution in [0.3, 0.4) is 0 Å². The van der Waals surface area contributed by atoms with Gasteiger partial charge in [-0.1, -0.05) is 24.4 Å². The number of piperidine rings is 1. The fourth-order valence-electron chi connectivity index (χ4n) is 3.56. The van der Waals surface area contributed by atoms with Gasteiger partial charge in [0.2, 0.25) is 5.03 Å². The van der Waals surface area contributed by atoms with Gasteiger partial charge in [0.05, 0.1) is 6.33 Å². The fourth-order valence-corrected chi connectivity index (χ4v) is 5.70. The minimum Gasteiger partial charge on any atom is -0.324 e. The first-order chi connectivity index (χ1) is 9.51. The molecule has 0 N–H and O–H groups in total. The zero-order valence-electron chi connectivity index (χ0n) is 11.6. The Morgan fingerprint density at radius 1 is 1.25 bits per heavy atom. The van der Waals surface area contributed by atoms with Gasteiger partial charge in [-0.05, 0) is 31.6 Å². The van der Waals surface area contributed by atoms with E-state index in [0.29, 0.717) is 12.5 Å². The van der Waals surface area contributed by atoms with Gasteiger partial charge in [0.1, 0.15) is 5.15 Å². The van der Waals surface area contributed by atoms with Gasteiger partial charge >= 0.3 is 0 Å². The first kappa shape index (κ1) is 14.4. The van der Waals surface area contributed by atoms with E-state index in [2.05, 4.69) is 4.98 Å². The first-order valence-electron chi connectivity index (χ1n) is 7.20. The Morgan fingerprint density at radius 2 is 1.95 bits per heavy atom. The molecule has 2 heterocycles. The van der Waals surface area contributed by atoms with Crippen molar-refractivity contribution in [3.8, 4) is 0 Å². The van der Waals surface area contributed by atoms with Crippen LogP contribution in [0.5, 0.6) is 0 Å². The average Bonchev–Trinajstić information content (AvgIpc) is 2.79. The molecule has 7 heteroatoms. The van der Waals surface area contributed by atoms with Gasteiger partial charge in [-0.3, -0.25) is 0 Å². The number of hydrogen-bond donors (Lipinski definition) is 0. The molecule has 1 saturated carbocycles. The van der Waals surface area contributed by atoms with Gasteiger partial charge in [-0.15, -0.1) is 0 Å². The molecule has 0 amide bonds. The molecule has 0 aromatic carbocycles. The van der Waals surface area contributed by atoms with Gasteiger partial charge in [0.15, 0.2) is 0 Å². The van der Waals surface area contributed by atoms with Crippen molar-refractivity contribution in [3.05, 3.63) is 11.5 Å². The Labute approximate surface area is 125 Å². The second-order valence-electron chi connectivity index (χ2n) is 5.82. The number of imidazole rings is 1. The van der Waals surface area contributed by atoms with Crippen molar-refractivity contribution in [1.82, 2.24) is 13.9 Å². The Bertz CT molecular complexity index is 597. The lowest BCUT2D eigenvalue weighted by molar-refractivity contribution is 0.129. The molecule has 1 aliphatic heterocycles. The molecule has 0 radical (unpaired) electrons. The maximum absolute atomic E-state index is 12.8. The number of aryl methyl sites for hydroxylation is 1. The molecule has 1 aliphatic carbocycles. The average molecular weight is 318 g/mol. The summed E-state index contributed by atoms with van der Waals surface area (Å²) in [4.78, 5) is 4.00. The third-order valence-electron chi connectivity index (χ3n) is 4.58. The summed E-state index contributed by atoms with van der Waals surface area (Å²) in [6, 6.07) is 0.139. The van der Waals surface area contributed by atoms with Crippen molar-refractivity contribution >= 4 is 21.6 Å². The van der Waals surface area contributed by atoms with Crippen LogP contribution in [0.1, 0.15) is 38.5 Å². The highest BCUT2D eigenvalue weighted by Gasteiger charge is 2.41. The molecule has 3 rings (SSSR count). The fraction of sp³-hybridized carbons (Fsp3) is 0.769. The summed E-state index contributed by atoms with van der Waals surface area (Å²) in [6.45, 7) is 0.594. The number of fused-ring (bicyclic) bond motifs is 1. The second-order valence-corrected chi connectivity index (χ2v) is 7.99. The minimum atomic E-state index is -3.57. The number of sulfonamides is 1. The number of nitrogens with zero attached hydrogens (tertiary/aromatic N) is 3. The molecule has 5 nitrogen and oxygen atoms in total. The lowest BCUT2D eigenvalue weighted by Gasteiger charge is -2.42. The van der Waals surface area contributed by atoms with E-state index in [1.54, 1.807) is 11.4 Å². The second kappa shape index (κ2) is 5.31. The third kappa shape index (κ3) is 2.27. The van der Waals surface area contributed by atoms with Crippen LogP contribution in [0, 0.1) is 5.92 Å². The summed E-state index contributed by atoms with van der Waals surface area (Å²) in [5.74, 6) is 0.509.